The van der Waals surface area contributed by atoms with E-state index in [0.717, 1.165) is 48.5 Å². The van der Waals surface area contributed by atoms with Gasteiger partial charge in [-0.05, 0) is 24.7 Å². The summed E-state index contributed by atoms with van der Waals surface area (Å²) in [5.41, 5.74) is 7.42. The maximum Gasteiger partial charge on any atom is -1.00 e. The molecule has 9 heteroatoms. The number of hydrogen-bond donors (Lipinski definition) is 0. The molecule has 0 aromatic heterocycles. The molecule has 59 heavy (non-hydrogen) atoms. The van der Waals surface area contributed by atoms with E-state index >= 15 is 0 Å². The molecule has 0 bridgehead atoms. The molecule has 0 fully saturated rings. The molecule has 5 aromatic rings. The number of aryl methyl sites for hydroxylation is 2. The molecule has 0 amide bonds. The molecule has 0 N–H and O–H groups in total. The summed E-state index contributed by atoms with van der Waals surface area (Å²) in [6.07, 6.45) is 1.61. The number of fused-ring (bicyclic) bond motifs is 3. The Morgan fingerprint density at radius 3 is 1.27 bits per heavy atom. The number of rotatable bonds is 4. The van der Waals surface area contributed by atoms with Crippen molar-refractivity contribution in [2.45, 2.75) is 119 Å². The fourth-order valence-electron chi connectivity index (χ4n) is 7.22. The summed E-state index contributed by atoms with van der Waals surface area (Å²) in [5.74, 6) is 0.587. The second-order valence-corrected chi connectivity index (χ2v) is 19.5. The van der Waals surface area contributed by atoms with Crippen molar-refractivity contribution in [1.29, 1.82) is 0 Å². The van der Waals surface area contributed by atoms with Crippen molar-refractivity contribution < 1.29 is 75.4 Å². The third kappa shape index (κ3) is 13.6. The van der Waals surface area contributed by atoms with Crippen molar-refractivity contribution in [1.82, 2.24) is 0 Å². The quantitative estimate of drug-likeness (QED) is 0.125. The summed E-state index contributed by atoms with van der Waals surface area (Å²) in [6.45, 7) is 27.3. The summed E-state index contributed by atoms with van der Waals surface area (Å²) < 4.78 is 75.6. The van der Waals surface area contributed by atoms with E-state index in [0.29, 0.717) is 25.7 Å². The largest absolute Gasteiger partial charge is 1.00 e. The second-order valence-electron chi connectivity index (χ2n) is 18.3. The van der Waals surface area contributed by atoms with Gasteiger partial charge in [0.25, 0.3) is 0 Å². The van der Waals surface area contributed by atoms with Crippen molar-refractivity contribution in [3.05, 3.63) is 147 Å². The Hall–Kier alpha value is -2.86. The first-order chi connectivity index (χ1) is 26.1. The molecule has 1 unspecified atom stereocenters. The average molecular weight is 933 g/mol. The van der Waals surface area contributed by atoms with Crippen molar-refractivity contribution in [2.75, 3.05) is 0 Å². The molecular weight excluding hydrogens is 877 g/mol. The first-order valence-corrected chi connectivity index (χ1v) is 20.7. The van der Waals surface area contributed by atoms with Gasteiger partial charge in [-0.15, -0.1) is 39.7 Å². The first-order valence-electron chi connectivity index (χ1n) is 19.5. The van der Waals surface area contributed by atoms with Crippen molar-refractivity contribution in [3.8, 4) is 0 Å². The number of alkyl halides is 6. The molecule has 6 rings (SSSR count). The van der Waals surface area contributed by atoms with Crippen LogP contribution in [0.4, 0.5) is 26.3 Å². The molecule has 318 valence electrons. The maximum absolute atomic E-state index is 12.5. The minimum Gasteiger partial charge on any atom is -1.00 e. The van der Waals surface area contributed by atoms with Crippen LogP contribution in [0, 0.1) is 31.3 Å². The third-order valence-electron chi connectivity index (χ3n) is 10.3. The third-order valence-corrected chi connectivity index (χ3v) is 11.7. The Labute approximate surface area is 375 Å². The number of hydrogen-bond acceptors (Lipinski definition) is 0. The number of benzene rings is 4. The van der Waals surface area contributed by atoms with Crippen LogP contribution < -0.4 is 24.8 Å². The van der Waals surface area contributed by atoms with Crippen LogP contribution in [0.5, 0.6) is 0 Å². The predicted molar refractivity (Wildman–Crippen MR) is 224 cm³/mol. The van der Waals surface area contributed by atoms with Gasteiger partial charge in [0.05, 0.1) is 0 Å². The predicted octanol–water partition coefficient (Wildman–Crippen LogP) is 9.52. The summed E-state index contributed by atoms with van der Waals surface area (Å²) in [4.78, 5) is 0. The van der Waals surface area contributed by atoms with E-state index in [1.54, 1.807) is 0 Å². The molecule has 0 spiro atoms. The van der Waals surface area contributed by atoms with Gasteiger partial charge < -0.3 is 24.8 Å². The zero-order valence-electron chi connectivity index (χ0n) is 36.2. The van der Waals surface area contributed by atoms with Crippen molar-refractivity contribution >= 4 is 24.8 Å². The van der Waals surface area contributed by atoms with Crippen LogP contribution in [0.1, 0.15) is 127 Å². The van der Waals surface area contributed by atoms with E-state index in [1.165, 1.54) is 86.5 Å². The average Bonchev–Trinajstić information content (AvgIpc) is 3.70. The van der Waals surface area contributed by atoms with E-state index in [2.05, 4.69) is 132 Å². The molecule has 0 aliphatic heterocycles. The molecular formula is C50H56Cl2F6Zr-2. The monoisotopic (exact) mass is 930 g/mol. The zero-order valence-corrected chi connectivity index (χ0v) is 40.1. The smallest absolute Gasteiger partial charge is 1.00 e. The van der Waals surface area contributed by atoms with Gasteiger partial charge in [0.1, 0.15) is 0 Å². The van der Waals surface area contributed by atoms with Crippen LogP contribution in [-0.4, -0.2) is 3.21 Å². The minimum absolute atomic E-state index is 0. The maximum atomic E-state index is 12.5. The Kier molecular flexibility index (Phi) is 17.6. The fourth-order valence-corrected chi connectivity index (χ4v) is 8.04. The van der Waals surface area contributed by atoms with Crippen molar-refractivity contribution in [3.63, 3.8) is 0 Å². The topological polar surface area (TPSA) is 0 Å². The second kappa shape index (κ2) is 19.9. The van der Waals surface area contributed by atoms with Crippen LogP contribution in [0.25, 0.3) is 21.5 Å². The molecule has 1 atom stereocenters. The van der Waals surface area contributed by atoms with Gasteiger partial charge in [-0.25, -0.2) is 6.08 Å². The van der Waals surface area contributed by atoms with E-state index < -0.39 is 23.5 Å². The molecule has 0 saturated heterocycles. The zero-order chi connectivity index (χ0) is 42.9. The molecule has 5 aromatic carbocycles. The van der Waals surface area contributed by atoms with Crippen LogP contribution in [0.15, 0.2) is 96.6 Å². The van der Waals surface area contributed by atoms with Gasteiger partial charge in [-0.2, -0.15) is 11.6 Å². The van der Waals surface area contributed by atoms with E-state index in [-0.39, 0.29) is 35.6 Å². The normalized spacial score (nSPS) is 14.4. The van der Waals surface area contributed by atoms with E-state index in [9.17, 15) is 26.3 Å². The summed E-state index contributed by atoms with van der Waals surface area (Å²) in [5, 5.41) is 5.55. The van der Waals surface area contributed by atoms with E-state index in [4.69, 9.17) is 0 Å². The Bertz CT molecular complexity index is 2120. The molecule has 0 nitrogen and oxygen atoms in total. The van der Waals surface area contributed by atoms with Crippen LogP contribution in [0.3, 0.4) is 0 Å². The molecule has 0 heterocycles. The first kappa shape index (κ1) is 52.3. The van der Waals surface area contributed by atoms with Gasteiger partial charge in [0, 0.05) is 0 Å². The standard InChI is InChI=1S/C23H29.C15H8F6.C12H19.2ClH.Zr/c1-14-9-16-11-17-10-15(2)21(23(6,7)8)13-19(17)18(16)12-20(14)22(3,4)5;16-14(17,18)12-5-1-10(2-6-12)9-11-3-7-13(8-4-11)15(19,20)21;1-5-6-10-7-8-11(9-10)12(2,3)4;;;/h9-13H,1-8H3;1-8H;8-10H,5-6H2,1-4H3;2*1H;/q-1;;-1;;;+2/p-2. The Morgan fingerprint density at radius 1 is 0.610 bits per heavy atom. The Balaban J connectivity index is 0.000000314. The fraction of sp³-hybridized carbons (Fsp3) is 0.400. The molecule has 1 aliphatic carbocycles. The summed E-state index contributed by atoms with van der Waals surface area (Å²) in [7, 11) is 0. The van der Waals surface area contributed by atoms with Gasteiger partial charge in [0.15, 0.2) is 0 Å². The molecule has 0 saturated carbocycles. The van der Waals surface area contributed by atoms with Crippen LogP contribution in [0.2, 0.25) is 0 Å². The van der Waals surface area contributed by atoms with E-state index in [1.807, 2.05) is 0 Å². The Morgan fingerprint density at radius 2 is 0.983 bits per heavy atom. The number of allylic oxidation sites excluding steroid dienone is 4. The molecule has 1 aliphatic rings. The van der Waals surface area contributed by atoms with Gasteiger partial charge >= 0.3 is 137 Å². The summed E-state index contributed by atoms with van der Waals surface area (Å²) >= 11 is 0.898. The van der Waals surface area contributed by atoms with Gasteiger partial charge in [-0.3, -0.25) is 6.08 Å². The van der Waals surface area contributed by atoms with Gasteiger partial charge in [0.2, 0.25) is 0 Å². The number of halogens is 8. The summed E-state index contributed by atoms with van der Waals surface area (Å²) in [6, 6.07) is 21.1. The van der Waals surface area contributed by atoms with Gasteiger partial charge in [-0.1, -0.05) is 128 Å². The van der Waals surface area contributed by atoms with Crippen LogP contribution in [-0.2, 0) is 47.4 Å². The molecule has 0 radical (unpaired) electrons. The van der Waals surface area contributed by atoms with Crippen molar-refractivity contribution in [2.24, 2.45) is 11.3 Å². The minimum atomic E-state index is -4.41. The van der Waals surface area contributed by atoms with Crippen LogP contribution >= 0.6 is 0 Å². The SMILES string of the molecule is CCCC1[C-]=CC(C(C)(C)C)=C1.Cc1cc2[cH-]c3cc(C)c(C(C)(C)C)cc3c2cc1C(C)(C)C.FC(F)(F)c1ccc([C](=[Zr+2])c2ccc(C(F)(F)F)cc2)cc1.[Cl-].[Cl-].